The second-order valence-corrected chi connectivity index (χ2v) is 6.42. The molecule has 1 atom stereocenters. The van der Waals surface area contributed by atoms with Crippen molar-refractivity contribution >= 4 is 15.8 Å². The lowest BCUT2D eigenvalue weighted by Gasteiger charge is -2.14. The van der Waals surface area contributed by atoms with Gasteiger partial charge in [-0.2, -0.15) is 0 Å². The number of aromatic nitrogens is 1. The Morgan fingerprint density at radius 2 is 2.00 bits per heavy atom. The van der Waals surface area contributed by atoms with E-state index in [2.05, 4.69) is 22.4 Å². The second kappa shape index (κ2) is 4.88. The number of nitrogens with zero attached hydrogens (tertiary/aromatic N) is 1. The van der Waals surface area contributed by atoms with Gasteiger partial charge in [0.15, 0.2) is 0 Å². The van der Waals surface area contributed by atoms with Crippen LogP contribution in [0.4, 0.5) is 5.82 Å². The van der Waals surface area contributed by atoms with Crippen LogP contribution in [0.3, 0.4) is 0 Å². The molecule has 0 unspecified atom stereocenters. The van der Waals surface area contributed by atoms with Crippen LogP contribution in [0.2, 0.25) is 0 Å². The molecule has 1 aromatic heterocycles. The highest BCUT2D eigenvalue weighted by atomic mass is 32.2. The lowest BCUT2D eigenvalue weighted by molar-refractivity contribution is 0.597. The Bertz CT molecular complexity index is 726. The molecule has 6 heteroatoms. The quantitative estimate of drug-likeness (QED) is 0.902. The molecule has 5 nitrogen and oxygen atoms in total. The summed E-state index contributed by atoms with van der Waals surface area (Å²) in [5, 5.41) is 8.37. The molecule has 0 aliphatic heterocycles. The maximum absolute atomic E-state index is 11.2. The van der Waals surface area contributed by atoms with Gasteiger partial charge in [-0.05, 0) is 36.1 Å². The first-order valence-electron chi connectivity index (χ1n) is 6.37. The molecule has 1 aliphatic rings. The van der Waals surface area contributed by atoms with Gasteiger partial charge in [-0.15, -0.1) is 0 Å². The molecule has 0 radical (unpaired) electrons. The van der Waals surface area contributed by atoms with Crippen molar-refractivity contribution in [3.8, 4) is 0 Å². The number of primary sulfonamides is 1. The molecular weight excluding hydrogens is 274 g/mol. The van der Waals surface area contributed by atoms with Crippen molar-refractivity contribution in [2.75, 3.05) is 5.32 Å². The molecule has 0 fully saturated rings. The van der Waals surface area contributed by atoms with Crippen molar-refractivity contribution in [2.45, 2.75) is 23.8 Å². The van der Waals surface area contributed by atoms with E-state index in [4.69, 9.17) is 5.14 Å². The van der Waals surface area contributed by atoms with E-state index >= 15 is 0 Å². The molecule has 104 valence electrons. The first-order valence-corrected chi connectivity index (χ1v) is 7.92. The van der Waals surface area contributed by atoms with E-state index in [9.17, 15) is 8.42 Å². The number of hydrogen-bond acceptors (Lipinski definition) is 4. The molecule has 0 saturated carbocycles. The summed E-state index contributed by atoms with van der Waals surface area (Å²) in [5.41, 5.74) is 2.64. The molecule has 0 bridgehead atoms. The highest BCUT2D eigenvalue weighted by Gasteiger charge is 2.21. The average molecular weight is 289 g/mol. The minimum Gasteiger partial charge on any atom is -0.363 e. The summed E-state index contributed by atoms with van der Waals surface area (Å²) < 4.78 is 22.3. The fourth-order valence-corrected chi connectivity index (χ4v) is 2.98. The minimum absolute atomic E-state index is 0.0230. The summed E-state index contributed by atoms with van der Waals surface area (Å²) in [5.74, 6) is 0.652. The Labute approximate surface area is 117 Å². The molecule has 1 heterocycles. The number of pyridine rings is 1. The topological polar surface area (TPSA) is 85.1 Å². The molecule has 3 rings (SSSR count). The number of fused-ring (bicyclic) bond motifs is 1. The smallest absolute Gasteiger partial charge is 0.239 e. The van der Waals surface area contributed by atoms with Crippen LogP contribution in [0.15, 0.2) is 47.5 Å². The van der Waals surface area contributed by atoms with Gasteiger partial charge in [-0.25, -0.2) is 18.5 Å². The van der Waals surface area contributed by atoms with Crippen LogP contribution in [0.1, 0.15) is 23.6 Å². The molecule has 3 N–H and O–H groups in total. The van der Waals surface area contributed by atoms with E-state index in [0.29, 0.717) is 5.82 Å². The molecule has 0 spiro atoms. The molecule has 1 aromatic carbocycles. The van der Waals surface area contributed by atoms with Gasteiger partial charge in [0, 0.05) is 6.20 Å². The number of aryl methyl sites for hydroxylation is 1. The molecule has 0 amide bonds. The van der Waals surface area contributed by atoms with Crippen LogP contribution in [-0.4, -0.2) is 13.4 Å². The summed E-state index contributed by atoms with van der Waals surface area (Å²) in [4.78, 5) is 4.13. The van der Waals surface area contributed by atoms with E-state index in [1.165, 1.54) is 23.4 Å². The first kappa shape index (κ1) is 13.1. The number of nitrogens with two attached hydrogens (primary N) is 1. The molecule has 2 aromatic rings. The fraction of sp³-hybridized carbons (Fsp3) is 0.214. The maximum atomic E-state index is 11.2. The number of hydrogen-bond donors (Lipinski definition) is 2. The van der Waals surface area contributed by atoms with Gasteiger partial charge in [0.2, 0.25) is 10.0 Å². The van der Waals surface area contributed by atoms with E-state index in [1.807, 2.05) is 12.1 Å². The summed E-state index contributed by atoms with van der Waals surface area (Å²) in [6.45, 7) is 0. The Hall–Kier alpha value is -1.92. The van der Waals surface area contributed by atoms with Crippen molar-refractivity contribution < 1.29 is 8.42 Å². The third-order valence-corrected chi connectivity index (χ3v) is 4.42. The van der Waals surface area contributed by atoms with E-state index in [0.717, 1.165) is 12.8 Å². The highest BCUT2D eigenvalue weighted by molar-refractivity contribution is 7.89. The van der Waals surface area contributed by atoms with Crippen molar-refractivity contribution in [3.05, 3.63) is 53.7 Å². The Morgan fingerprint density at radius 3 is 2.70 bits per heavy atom. The molecule has 20 heavy (non-hydrogen) atoms. The van der Waals surface area contributed by atoms with Crippen molar-refractivity contribution in [2.24, 2.45) is 5.14 Å². The van der Waals surface area contributed by atoms with E-state index in [1.54, 1.807) is 6.07 Å². The van der Waals surface area contributed by atoms with Gasteiger partial charge in [-0.1, -0.05) is 24.3 Å². The Kier molecular flexibility index (Phi) is 3.19. The van der Waals surface area contributed by atoms with Crippen LogP contribution in [0, 0.1) is 0 Å². The number of sulfonamides is 1. The maximum Gasteiger partial charge on any atom is 0.239 e. The number of benzene rings is 1. The third-order valence-electron chi connectivity index (χ3n) is 3.52. The Morgan fingerprint density at radius 1 is 1.20 bits per heavy atom. The zero-order valence-electron chi connectivity index (χ0n) is 10.8. The predicted molar refractivity (Wildman–Crippen MR) is 76.7 cm³/mol. The lowest BCUT2D eigenvalue weighted by Crippen LogP contribution is -2.13. The summed E-state index contributed by atoms with van der Waals surface area (Å²) in [7, 11) is -3.69. The average Bonchev–Trinajstić information content (AvgIpc) is 2.82. The fourth-order valence-electron chi connectivity index (χ4n) is 2.52. The zero-order valence-corrected chi connectivity index (χ0v) is 11.6. The highest BCUT2D eigenvalue weighted by Crippen LogP contribution is 2.33. The SMILES string of the molecule is NS(=O)(=O)c1ccc(N[C@H]2CCc3ccccc32)nc1. The first-order chi connectivity index (χ1) is 9.54. The van der Waals surface area contributed by atoms with Crippen molar-refractivity contribution in [3.63, 3.8) is 0 Å². The number of anilines is 1. The normalized spacial score (nSPS) is 17.8. The van der Waals surface area contributed by atoms with Gasteiger partial charge in [-0.3, -0.25) is 0 Å². The van der Waals surface area contributed by atoms with Crippen LogP contribution < -0.4 is 10.5 Å². The van der Waals surface area contributed by atoms with E-state index in [-0.39, 0.29) is 10.9 Å². The molecule has 0 saturated heterocycles. The summed E-state index contributed by atoms with van der Waals surface area (Å²) >= 11 is 0. The molecule has 1 aliphatic carbocycles. The van der Waals surface area contributed by atoms with Gasteiger partial charge < -0.3 is 5.32 Å². The minimum atomic E-state index is -3.69. The lowest BCUT2D eigenvalue weighted by atomic mass is 10.1. The third kappa shape index (κ3) is 2.52. The summed E-state index contributed by atoms with van der Waals surface area (Å²) in [6.07, 6.45) is 3.33. The van der Waals surface area contributed by atoms with Gasteiger partial charge in [0.1, 0.15) is 10.7 Å². The van der Waals surface area contributed by atoms with Gasteiger partial charge in [0.25, 0.3) is 0 Å². The van der Waals surface area contributed by atoms with Crippen LogP contribution in [0.5, 0.6) is 0 Å². The standard InChI is InChI=1S/C14H15N3O2S/c15-20(18,19)11-6-8-14(16-9-11)17-13-7-5-10-3-1-2-4-12(10)13/h1-4,6,8-9,13H,5,7H2,(H,16,17)(H2,15,18,19)/t13-/m0/s1. The number of nitrogens with one attached hydrogen (secondary N) is 1. The Balaban J connectivity index is 1.80. The van der Waals surface area contributed by atoms with Crippen LogP contribution in [0.25, 0.3) is 0 Å². The largest absolute Gasteiger partial charge is 0.363 e. The van der Waals surface area contributed by atoms with Crippen LogP contribution in [-0.2, 0) is 16.4 Å². The van der Waals surface area contributed by atoms with Crippen molar-refractivity contribution in [1.29, 1.82) is 0 Å². The van der Waals surface area contributed by atoms with Crippen LogP contribution >= 0.6 is 0 Å². The summed E-state index contributed by atoms with van der Waals surface area (Å²) in [6, 6.07) is 11.6. The van der Waals surface area contributed by atoms with Gasteiger partial charge in [0.05, 0.1) is 6.04 Å². The van der Waals surface area contributed by atoms with Gasteiger partial charge >= 0.3 is 0 Å². The predicted octanol–water partition coefficient (Wildman–Crippen LogP) is 1.83. The monoisotopic (exact) mass is 289 g/mol. The number of rotatable bonds is 3. The second-order valence-electron chi connectivity index (χ2n) is 4.86. The zero-order chi connectivity index (χ0) is 14.2. The van der Waals surface area contributed by atoms with E-state index < -0.39 is 10.0 Å². The van der Waals surface area contributed by atoms with Crippen molar-refractivity contribution in [1.82, 2.24) is 4.98 Å². The molecular formula is C14H15N3O2S.